The lowest BCUT2D eigenvalue weighted by atomic mass is 9.95. The van der Waals surface area contributed by atoms with E-state index in [2.05, 4.69) is 10.3 Å². The van der Waals surface area contributed by atoms with Gasteiger partial charge in [0.2, 0.25) is 0 Å². The van der Waals surface area contributed by atoms with Crippen LogP contribution in [-0.4, -0.2) is 32.8 Å². The highest BCUT2D eigenvalue weighted by Crippen LogP contribution is 2.23. The number of nitrogens with zero attached hydrogens (tertiary/aromatic N) is 3. The van der Waals surface area contributed by atoms with Crippen molar-refractivity contribution >= 4 is 17.6 Å². The van der Waals surface area contributed by atoms with E-state index >= 15 is 0 Å². The second-order valence-corrected chi connectivity index (χ2v) is 4.56. The Balaban J connectivity index is 2.94. The SMILES string of the molecule is CSCC(C)(C)/C(=N/O)n1cccn1. The Morgan fingerprint density at radius 3 is 2.79 bits per heavy atom. The first-order valence-corrected chi connectivity index (χ1v) is 5.72. The molecule has 1 rings (SSSR count). The molecule has 1 aromatic heterocycles. The van der Waals surface area contributed by atoms with Crippen LogP contribution in [0.5, 0.6) is 0 Å². The van der Waals surface area contributed by atoms with Gasteiger partial charge in [0.1, 0.15) is 0 Å². The fraction of sp³-hybridized carbons (Fsp3) is 0.556. The zero-order chi connectivity index (χ0) is 10.6. The van der Waals surface area contributed by atoms with Crippen molar-refractivity contribution in [3.8, 4) is 0 Å². The second-order valence-electron chi connectivity index (χ2n) is 3.69. The van der Waals surface area contributed by atoms with Crippen LogP contribution in [-0.2, 0) is 0 Å². The molecule has 78 valence electrons. The minimum atomic E-state index is -0.194. The Morgan fingerprint density at radius 2 is 2.36 bits per heavy atom. The maximum absolute atomic E-state index is 8.98. The van der Waals surface area contributed by atoms with E-state index in [1.807, 2.05) is 20.1 Å². The average Bonchev–Trinajstić information content (AvgIpc) is 2.57. The highest BCUT2D eigenvalue weighted by atomic mass is 32.2. The van der Waals surface area contributed by atoms with Gasteiger partial charge in [0.05, 0.1) is 0 Å². The van der Waals surface area contributed by atoms with Gasteiger partial charge in [0, 0.05) is 23.6 Å². The molecule has 14 heavy (non-hydrogen) atoms. The van der Waals surface area contributed by atoms with Crippen LogP contribution >= 0.6 is 11.8 Å². The third kappa shape index (κ3) is 2.29. The Morgan fingerprint density at radius 1 is 1.64 bits per heavy atom. The molecule has 0 amide bonds. The van der Waals surface area contributed by atoms with Crippen LogP contribution in [0.4, 0.5) is 0 Å². The molecular weight excluding hydrogens is 198 g/mol. The van der Waals surface area contributed by atoms with E-state index in [1.165, 1.54) is 0 Å². The number of hydrogen-bond acceptors (Lipinski definition) is 4. The van der Waals surface area contributed by atoms with E-state index in [9.17, 15) is 0 Å². The molecule has 1 aromatic rings. The van der Waals surface area contributed by atoms with Crippen molar-refractivity contribution in [1.82, 2.24) is 9.78 Å². The summed E-state index contributed by atoms with van der Waals surface area (Å²) in [7, 11) is 0. The Labute approximate surface area is 88.0 Å². The first-order valence-electron chi connectivity index (χ1n) is 4.33. The quantitative estimate of drug-likeness (QED) is 0.361. The van der Waals surface area contributed by atoms with E-state index < -0.39 is 0 Å². The molecule has 0 aliphatic heterocycles. The topological polar surface area (TPSA) is 50.4 Å². The third-order valence-corrected chi connectivity index (χ3v) is 2.94. The van der Waals surface area contributed by atoms with Crippen LogP contribution in [0.15, 0.2) is 23.6 Å². The predicted molar refractivity (Wildman–Crippen MR) is 59.0 cm³/mol. The van der Waals surface area contributed by atoms with Crippen molar-refractivity contribution in [2.75, 3.05) is 12.0 Å². The van der Waals surface area contributed by atoms with Gasteiger partial charge >= 0.3 is 0 Å². The predicted octanol–water partition coefficient (Wildman–Crippen LogP) is 1.91. The molecule has 0 saturated heterocycles. The molecule has 5 heteroatoms. The van der Waals surface area contributed by atoms with Crippen molar-refractivity contribution < 1.29 is 5.21 Å². The van der Waals surface area contributed by atoms with Crippen LogP contribution in [0.3, 0.4) is 0 Å². The van der Waals surface area contributed by atoms with Crippen molar-refractivity contribution in [3.05, 3.63) is 18.5 Å². The maximum Gasteiger partial charge on any atom is 0.175 e. The molecule has 1 heterocycles. The number of thioether (sulfide) groups is 1. The molecule has 0 aliphatic carbocycles. The monoisotopic (exact) mass is 213 g/mol. The molecule has 0 aliphatic rings. The zero-order valence-electron chi connectivity index (χ0n) is 8.64. The van der Waals surface area contributed by atoms with Crippen LogP contribution in [0.1, 0.15) is 13.8 Å². The van der Waals surface area contributed by atoms with Gasteiger partial charge in [0.25, 0.3) is 0 Å². The number of oxime groups is 1. The van der Waals surface area contributed by atoms with Crippen LogP contribution in [0.2, 0.25) is 0 Å². The van der Waals surface area contributed by atoms with Gasteiger partial charge in [-0.1, -0.05) is 19.0 Å². The highest BCUT2D eigenvalue weighted by Gasteiger charge is 2.27. The molecule has 0 saturated carbocycles. The summed E-state index contributed by atoms with van der Waals surface area (Å²) in [6.07, 6.45) is 5.47. The van der Waals surface area contributed by atoms with Crippen LogP contribution in [0.25, 0.3) is 0 Å². The lowest BCUT2D eigenvalue weighted by molar-refractivity contribution is 0.307. The van der Waals surface area contributed by atoms with Crippen molar-refractivity contribution in [2.24, 2.45) is 10.6 Å². The smallest absolute Gasteiger partial charge is 0.175 e. The van der Waals surface area contributed by atoms with Crippen LogP contribution < -0.4 is 0 Å². The van der Waals surface area contributed by atoms with Gasteiger partial charge < -0.3 is 5.21 Å². The maximum atomic E-state index is 8.98. The zero-order valence-corrected chi connectivity index (χ0v) is 9.45. The van der Waals surface area contributed by atoms with Gasteiger partial charge in [-0.05, 0) is 12.3 Å². The largest absolute Gasteiger partial charge is 0.409 e. The summed E-state index contributed by atoms with van der Waals surface area (Å²) >= 11 is 1.72. The summed E-state index contributed by atoms with van der Waals surface area (Å²) in [5.41, 5.74) is -0.194. The molecule has 0 atom stereocenters. The number of rotatable bonds is 3. The summed E-state index contributed by atoms with van der Waals surface area (Å²) in [4.78, 5) is 0. The van der Waals surface area contributed by atoms with E-state index in [-0.39, 0.29) is 5.41 Å². The second kappa shape index (κ2) is 4.50. The summed E-state index contributed by atoms with van der Waals surface area (Å²) in [5, 5.41) is 16.4. The lowest BCUT2D eigenvalue weighted by Crippen LogP contribution is -2.33. The molecule has 0 unspecified atom stereocenters. The summed E-state index contributed by atoms with van der Waals surface area (Å²) in [6.45, 7) is 4.06. The Kier molecular flexibility index (Phi) is 3.57. The van der Waals surface area contributed by atoms with Crippen molar-refractivity contribution in [3.63, 3.8) is 0 Å². The van der Waals surface area contributed by atoms with Crippen molar-refractivity contribution in [2.45, 2.75) is 13.8 Å². The fourth-order valence-corrected chi connectivity index (χ4v) is 2.16. The molecule has 0 bridgehead atoms. The van der Waals surface area contributed by atoms with Gasteiger partial charge in [0.15, 0.2) is 5.84 Å². The molecular formula is C9H15N3OS. The average molecular weight is 213 g/mol. The Bertz CT molecular complexity index is 306. The highest BCUT2D eigenvalue weighted by molar-refractivity contribution is 7.98. The molecule has 0 radical (unpaired) electrons. The Hall–Kier alpha value is -0.970. The van der Waals surface area contributed by atoms with Gasteiger partial charge in [-0.2, -0.15) is 16.9 Å². The minimum Gasteiger partial charge on any atom is -0.409 e. The van der Waals surface area contributed by atoms with Gasteiger partial charge in [-0.3, -0.25) is 0 Å². The normalized spacial score (nSPS) is 13.2. The standard InChI is InChI=1S/C9H15N3OS/c1-9(2,7-14-3)8(11-13)12-6-4-5-10-12/h4-6,13H,7H2,1-3H3/b11-8-. The third-order valence-electron chi connectivity index (χ3n) is 1.93. The minimum absolute atomic E-state index is 0.194. The summed E-state index contributed by atoms with van der Waals surface area (Å²) in [5.74, 6) is 1.45. The van der Waals surface area contributed by atoms with Gasteiger partial charge in [-0.15, -0.1) is 0 Å². The van der Waals surface area contributed by atoms with E-state index in [0.29, 0.717) is 5.84 Å². The van der Waals surface area contributed by atoms with Gasteiger partial charge in [-0.25, -0.2) is 4.68 Å². The number of hydrogen-bond donors (Lipinski definition) is 1. The molecule has 0 fully saturated rings. The lowest BCUT2D eigenvalue weighted by Gasteiger charge is -2.23. The summed E-state index contributed by atoms with van der Waals surface area (Å²) < 4.78 is 1.59. The van der Waals surface area contributed by atoms with E-state index in [1.54, 1.807) is 34.9 Å². The molecule has 0 aromatic carbocycles. The van der Waals surface area contributed by atoms with Crippen molar-refractivity contribution in [1.29, 1.82) is 0 Å². The molecule has 4 nitrogen and oxygen atoms in total. The fourth-order valence-electron chi connectivity index (χ4n) is 1.31. The summed E-state index contributed by atoms with van der Waals surface area (Å²) in [6, 6.07) is 1.81. The number of aromatic nitrogens is 2. The first kappa shape index (κ1) is 11.1. The molecule has 1 N–H and O–H groups in total. The van der Waals surface area contributed by atoms with E-state index in [4.69, 9.17) is 5.21 Å². The van der Waals surface area contributed by atoms with Crippen LogP contribution in [0, 0.1) is 5.41 Å². The van der Waals surface area contributed by atoms with E-state index in [0.717, 1.165) is 5.75 Å². The first-order chi connectivity index (χ1) is 6.61. The molecule has 0 spiro atoms.